The molecular weight excluding hydrogens is 809 g/mol. The van der Waals surface area contributed by atoms with Crippen molar-refractivity contribution in [2.75, 3.05) is 11.5 Å². The number of aryl methyl sites for hydroxylation is 1. The Morgan fingerprint density at radius 1 is 0.576 bits per heavy atom. The number of H-pyrrole nitrogens is 7. The number of carbonyl (C=O) groups excluding carboxylic acids is 2. The number of nitrogens with zero attached hydrogens (tertiary/aromatic N) is 10. The van der Waals surface area contributed by atoms with E-state index in [9.17, 15) is 19.8 Å². The molecule has 11 N–H and O–H groups in total. The number of aromatic amines is 7. The number of nitrogens with two attached hydrogens (primary N) is 2. The van der Waals surface area contributed by atoms with Crippen LogP contribution in [0.2, 0.25) is 0 Å². The Bertz CT molecular complexity index is 1830. The van der Waals surface area contributed by atoms with E-state index in [4.69, 9.17) is 11.5 Å². The van der Waals surface area contributed by atoms with Crippen LogP contribution in [-0.2, 0) is 22.9 Å². The van der Waals surface area contributed by atoms with Gasteiger partial charge in [0.05, 0.1) is 56.1 Å². The van der Waals surface area contributed by atoms with Crippen molar-refractivity contribution in [3.05, 3.63) is 160 Å². The van der Waals surface area contributed by atoms with Crippen LogP contribution in [0.4, 0.5) is 11.9 Å². The molecule has 0 saturated carbocycles. The van der Waals surface area contributed by atoms with Crippen molar-refractivity contribution in [2.24, 2.45) is 0 Å². The van der Waals surface area contributed by atoms with Gasteiger partial charge in [0.1, 0.15) is 11.5 Å². The summed E-state index contributed by atoms with van der Waals surface area (Å²) in [6.07, 6.45) is 34.1. The van der Waals surface area contributed by atoms with Crippen LogP contribution in [0.3, 0.4) is 0 Å². The van der Waals surface area contributed by atoms with Gasteiger partial charge in [-0.3, -0.25) is 0 Å². The van der Waals surface area contributed by atoms with Gasteiger partial charge in [-0.2, -0.15) is 15.0 Å². The fourth-order valence-corrected chi connectivity index (χ4v) is 3.50. The van der Waals surface area contributed by atoms with Crippen molar-refractivity contribution in [1.29, 1.82) is 0 Å². The summed E-state index contributed by atoms with van der Waals surface area (Å²) in [7, 11) is 0. The molecule has 0 atom stereocenters. The predicted molar refractivity (Wildman–Crippen MR) is 207 cm³/mol. The minimum atomic E-state index is -1.52. The van der Waals surface area contributed by atoms with Gasteiger partial charge in [0.15, 0.2) is 5.82 Å². The Morgan fingerprint density at radius 2 is 0.915 bits per heavy atom. The third-order valence-corrected chi connectivity index (χ3v) is 5.83. The molecule has 0 radical (unpaired) electrons. The molecule has 0 saturated heterocycles. The molecular formula is C35H41N19NiO4. The molecule has 59 heavy (non-hydrogen) atoms. The van der Waals surface area contributed by atoms with Crippen LogP contribution >= 0.6 is 0 Å². The number of hydrogen-bond donors (Lipinski definition) is 9. The topological polar surface area (TPSA) is 372 Å². The fourth-order valence-electron chi connectivity index (χ4n) is 3.50. The molecule has 8 aromatic heterocycles. The molecule has 9 aromatic rings. The van der Waals surface area contributed by atoms with Gasteiger partial charge in [0, 0.05) is 91.9 Å². The third kappa shape index (κ3) is 24.0. The van der Waals surface area contributed by atoms with E-state index in [0.29, 0.717) is 11.5 Å². The summed E-state index contributed by atoms with van der Waals surface area (Å²) < 4.78 is 0. The maximum atomic E-state index is 10.3. The molecule has 0 aliphatic carbocycles. The van der Waals surface area contributed by atoms with E-state index >= 15 is 0 Å². The maximum absolute atomic E-state index is 10.3. The van der Waals surface area contributed by atoms with Crippen molar-refractivity contribution in [1.82, 2.24) is 84.7 Å². The summed E-state index contributed by atoms with van der Waals surface area (Å²) in [6.45, 7) is 2.08. The van der Waals surface area contributed by atoms with Gasteiger partial charge in [0.2, 0.25) is 11.9 Å². The first-order valence-corrected chi connectivity index (χ1v) is 16.7. The van der Waals surface area contributed by atoms with Gasteiger partial charge in [-0.05, 0) is 6.42 Å². The molecule has 310 valence electrons. The van der Waals surface area contributed by atoms with Crippen LogP contribution in [0, 0.1) is 0 Å². The Labute approximate surface area is 346 Å². The number of anilines is 2. The zero-order valence-electron chi connectivity index (χ0n) is 31.3. The molecule has 0 spiro atoms. The second kappa shape index (κ2) is 32.0. The largest absolute Gasteiger partial charge is 2.00 e. The number of nitrogens with one attached hydrogen (secondary N) is 7. The van der Waals surface area contributed by atoms with Crippen molar-refractivity contribution in [2.45, 2.75) is 19.8 Å². The van der Waals surface area contributed by atoms with E-state index in [2.05, 4.69) is 91.7 Å². The minimum Gasteiger partial charge on any atom is -0.545 e. The molecule has 0 bridgehead atoms. The van der Waals surface area contributed by atoms with Crippen molar-refractivity contribution >= 4 is 23.8 Å². The number of hydrogen-bond acceptors (Lipinski definition) is 16. The Morgan fingerprint density at radius 3 is 1.15 bits per heavy atom. The molecule has 1 aromatic carbocycles. The smallest absolute Gasteiger partial charge is 0.545 e. The number of carbonyl (C=O) groups is 2. The van der Waals surface area contributed by atoms with Crippen LogP contribution in [0.1, 0.15) is 39.9 Å². The first-order chi connectivity index (χ1) is 28.3. The standard InChI is InChI=1S/C9H13N7.C8H6O4.6C3H4N2.Ni/c1-2-3-6-12-4-5(13-6)7-14-8(10)16-9(11)15-7;9-7(10)5-3-1-2-4-6(5)8(11)12;6*1-2-5-3-4-1;/h4H,2-3H2,1H3,(H,12,13)(H4,10,11,14,15,16);1-4H,(H,9,10)(H,11,12);6*1-3H,(H,4,5);/q;;;;;;;;+2/p-2. The van der Waals surface area contributed by atoms with E-state index in [0.717, 1.165) is 30.8 Å². The monoisotopic (exact) mass is 849 g/mol. The predicted octanol–water partition coefficient (Wildman–Crippen LogP) is 1.25. The molecule has 0 fully saturated rings. The summed E-state index contributed by atoms with van der Waals surface area (Å²) in [5.41, 5.74) is 10.9. The average Bonchev–Trinajstić information content (AvgIpc) is 4.11. The van der Waals surface area contributed by atoms with E-state index in [-0.39, 0.29) is 39.5 Å². The Balaban J connectivity index is 0.000000356. The minimum absolute atomic E-state index is 0. The molecule has 24 heteroatoms. The summed E-state index contributed by atoms with van der Waals surface area (Å²) in [6, 6.07) is 5.14. The van der Waals surface area contributed by atoms with E-state index in [1.54, 1.807) is 119 Å². The zero-order chi connectivity index (χ0) is 41.9. The Hall–Kier alpha value is -8.27. The number of aromatic carboxylic acids is 2. The van der Waals surface area contributed by atoms with E-state index in [1.807, 2.05) is 0 Å². The van der Waals surface area contributed by atoms with Crippen LogP contribution in [0.5, 0.6) is 0 Å². The van der Waals surface area contributed by atoms with E-state index < -0.39 is 11.9 Å². The van der Waals surface area contributed by atoms with Crippen molar-refractivity contribution in [3.8, 4) is 11.5 Å². The van der Waals surface area contributed by atoms with Gasteiger partial charge < -0.3 is 66.2 Å². The molecule has 8 heterocycles. The third-order valence-electron chi connectivity index (χ3n) is 5.83. The summed E-state index contributed by atoms with van der Waals surface area (Å²) in [5.74, 6) is -1.51. The zero-order valence-corrected chi connectivity index (χ0v) is 32.3. The summed E-state index contributed by atoms with van der Waals surface area (Å²) >= 11 is 0. The second-order valence-electron chi connectivity index (χ2n) is 10.1. The van der Waals surface area contributed by atoms with Crippen LogP contribution in [-0.4, -0.2) is 96.7 Å². The molecule has 23 nitrogen and oxygen atoms in total. The van der Waals surface area contributed by atoms with Crippen LogP contribution in [0.25, 0.3) is 11.5 Å². The summed E-state index contributed by atoms with van der Waals surface area (Å²) in [4.78, 5) is 78.1. The average molecular weight is 851 g/mol. The first kappa shape index (κ1) is 48.8. The number of carboxylic acids is 2. The van der Waals surface area contributed by atoms with Crippen molar-refractivity contribution in [3.63, 3.8) is 0 Å². The second-order valence-corrected chi connectivity index (χ2v) is 10.1. The molecule has 0 aliphatic rings. The number of imidazole rings is 7. The Kier molecular flexibility index (Phi) is 26.5. The first-order valence-electron chi connectivity index (χ1n) is 16.7. The maximum Gasteiger partial charge on any atom is 2.00 e. The number of nitrogen functional groups attached to an aromatic ring is 2. The van der Waals surface area contributed by atoms with Gasteiger partial charge in [-0.15, -0.1) is 0 Å². The van der Waals surface area contributed by atoms with Crippen molar-refractivity contribution < 1.29 is 36.3 Å². The number of benzene rings is 1. The number of carboxylic acid groups (broad SMARTS) is 2. The fraction of sp³-hybridized carbons (Fsp3) is 0.0857. The van der Waals surface area contributed by atoms with Gasteiger partial charge in [-0.25, -0.2) is 34.9 Å². The molecule has 0 unspecified atom stereocenters. The van der Waals surface area contributed by atoms with Crippen LogP contribution in [0.15, 0.2) is 143 Å². The molecule has 0 amide bonds. The number of aromatic nitrogens is 17. The normalized spacial score (nSPS) is 8.83. The quantitative estimate of drug-likeness (QED) is 0.110. The number of rotatable bonds is 5. The van der Waals surface area contributed by atoms with Gasteiger partial charge in [0.25, 0.3) is 0 Å². The molecule has 0 aliphatic heterocycles. The summed E-state index contributed by atoms with van der Waals surface area (Å²) in [5, 5.41) is 20.6. The van der Waals surface area contributed by atoms with E-state index in [1.165, 1.54) is 12.1 Å². The van der Waals surface area contributed by atoms with Gasteiger partial charge >= 0.3 is 16.5 Å². The SMILES string of the molecule is CCCc1ncc(-c2nc(N)nc(N)n2)[nH]1.O=C([O-])c1ccccc1C(=O)[O-].[Ni+2].c1c[nH]cn1.c1c[nH]cn1.c1c[nH]cn1.c1c[nH]cn1.c1c[nH]cn1.c1c[nH]cn1. The van der Waals surface area contributed by atoms with Gasteiger partial charge in [-0.1, -0.05) is 31.2 Å². The van der Waals surface area contributed by atoms with Crippen LogP contribution < -0.4 is 21.7 Å². The molecule has 9 rings (SSSR count).